The summed E-state index contributed by atoms with van der Waals surface area (Å²) in [4.78, 5) is 0. The second kappa shape index (κ2) is 3.78. The Morgan fingerprint density at radius 3 is 2.67 bits per heavy atom. The molecule has 1 aromatic heterocycles. The average Bonchev–Trinajstić information content (AvgIpc) is 2.66. The minimum atomic E-state index is -0.125. The number of phenols is 2. The van der Waals surface area contributed by atoms with Gasteiger partial charge in [-0.05, 0) is 12.1 Å². The zero-order chi connectivity index (χ0) is 10.8. The Morgan fingerprint density at radius 2 is 2.07 bits per heavy atom. The summed E-state index contributed by atoms with van der Waals surface area (Å²) in [5, 5.41) is 26.0. The first kappa shape index (κ1) is 9.79. The topological polar surface area (TPSA) is 79.4 Å². The van der Waals surface area contributed by atoms with Crippen molar-refractivity contribution in [1.82, 2.24) is 10.2 Å². The molecular weight excluding hydrogens is 220 g/mol. The van der Waals surface area contributed by atoms with E-state index in [4.69, 9.17) is 21.1 Å². The molecule has 1 aromatic carbocycles. The summed E-state index contributed by atoms with van der Waals surface area (Å²) in [7, 11) is 0. The van der Waals surface area contributed by atoms with Gasteiger partial charge in [0.1, 0.15) is 17.4 Å². The highest BCUT2D eigenvalue weighted by Gasteiger charge is 2.12. The van der Waals surface area contributed by atoms with Crippen LogP contribution in [0, 0.1) is 0 Å². The SMILES string of the molecule is Oc1ccc(-c2nnc(CCl)o2)c(O)c1. The molecule has 2 aromatic rings. The van der Waals surface area contributed by atoms with E-state index < -0.39 is 0 Å². The van der Waals surface area contributed by atoms with Gasteiger partial charge in [0.05, 0.1) is 5.56 Å². The van der Waals surface area contributed by atoms with Gasteiger partial charge >= 0.3 is 0 Å². The number of hydrogen-bond acceptors (Lipinski definition) is 5. The molecular formula is C9H7ClN2O3. The molecule has 0 amide bonds. The fourth-order valence-electron chi connectivity index (χ4n) is 1.12. The summed E-state index contributed by atoms with van der Waals surface area (Å²) >= 11 is 5.49. The van der Waals surface area contributed by atoms with Crippen molar-refractivity contribution in [3.8, 4) is 23.0 Å². The van der Waals surface area contributed by atoms with Crippen molar-refractivity contribution in [2.75, 3.05) is 0 Å². The van der Waals surface area contributed by atoms with Gasteiger partial charge < -0.3 is 14.6 Å². The molecule has 0 aliphatic rings. The van der Waals surface area contributed by atoms with E-state index in [1.54, 1.807) is 0 Å². The van der Waals surface area contributed by atoms with E-state index in [0.717, 1.165) is 0 Å². The van der Waals surface area contributed by atoms with Gasteiger partial charge in [0.2, 0.25) is 5.89 Å². The van der Waals surface area contributed by atoms with Crippen molar-refractivity contribution in [3.05, 3.63) is 24.1 Å². The third-order valence-electron chi connectivity index (χ3n) is 1.79. The lowest BCUT2D eigenvalue weighted by Gasteiger charge is -1.99. The van der Waals surface area contributed by atoms with E-state index in [2.05, 4.69) is 10.2 Å². The van der Waals surface area contributed by atoms with E-state index >= 15 is 0 Å². The van der Waals surface area contributed by atoms with E-state index in [-0.39, 0.29) is 29.2 Å². The quantitative estimate of drug-likeness (QED) is 0.765. The highest BCUT2D eigenvalue weighted by Crippen LogP contribution is 2.31. The number of nitrogens with zero attached hydrogens (tertiary/aromatic N) is 2. The second-order valence-electron chi connectivity index (χ2n) is 2.84. The molecule has 0 saturated carbocycles. The van der Waals surface area contributed by atoms with Crippen LogP contribution in [0.15, 0.2) is 22.6 Å². The predicted octanol–water partition coefficient (Wildman–Crippen LogP) is 1.89. The van der Waals surface area contributed by atoms with Crippen LogP contribution in [0.2, 0.25) is 0 Å². The molecule has 5 nitrogen and oxygen atoms in total. The van der Waals surface area contributed by atoms with Crippen molar-refractivity contribution in [2.24, 2.45) is 0 Å². The van der Waals surface area contributed by atoms with Gasteiger partial charge in [0, 0.05) is 6.07 Å². The third kappa shape index (κ3) is 1.87. The fourth-order valence-corrected chi connectivity index (χ4v) is 1.23. The zero-order valence-corrected chi connectivity index (χ0v) is 8.27. The Labute approximate surface area is 89.9 Å². The number of benzene rings is 1. The molecule has 0 bridgehead atoms. The highest BCUT2D eigenvalue weighted by atomic mass is 35.5. The average molecular weight is 227 g/mol. The van der Waals surface area contributed by atoms with Crippen LogP contribution < -0.4 is 0 Å². The molecule has 2 rings (SSSR count). The van der Waals surface area contributed by atoms with E-state index in [9.17, 15) is 5.11 Å². The Hall–Kier alpha value is -1.75. The molecule has 0 aliphatic carbocycles. The number of aromatic hydroxyl groups is 2. The first-order valence-electron chi connectivity index (χ1n) is 4.11. The lowest BCUT2D eigenvalue weighted by molar-refractivity contribution is 0.449. The van der Waals surface area contributed by atoms with Crippen molar-refractivity contribution in [2.45, 2.75) is 5.88 Å². The number of phenolic OH excluding ortho intramolecular Hbond substituents is 2. The monoisotopic (exact) mass is 226 g/mol. The molecule has 1 heterocycles. The number of halogens is 1. The van der Waals surface area contributed by atoms with Gasteiger partial charge in [0.15, 0.2) is 0 Å². The first-order valence-corrected chi connectivity index (χ1v) is 4.65. The molecule has 0 saturated heterocycles. The van der Waals surface area contributed by atoms with Crippen molar-refractivity contribution < 1.29 is 14.6 Å². The second-order valence-corrected chi connectivity index (χ2v) is 3.10. The van der Waals surface area contributed by atoms with Gasteiger partial charge in [-0.15, -0.1) is 21.8 Å². The van der Waals surface area contributed by atoms with Crippen LogP contribution >= 0.6 is 11.6 Å². The van der Waals surface area contributed by atoms with Gasteiger partial charge in [-0.2, -0.15) is 0 Å². The molecule has 78 valence electrons. The van der Waals surface area contributed by atoms with Gasteiger partial charge in [-0.25, -0.2) is 0 Å². The van der Waals surface area contributed by atoms with Crippen molar-refractivity contribution >= 4 is 11.6 Å². The van der Waals surface area contributed by atoms with E-state index in [0.29, 0.717) is 5.56 Å². The Kier molecular flexibility index (Phi) is 2.47. The molecule has 2 N–H and O–H groups in total. The number of aromatic nitrogens is 2. The van der Waals surface area contributed by atoms with Crippen LogP contribution in [0.5, 0.6) is 11.5 Å². The number of rotatable bonds is 2. The Balaban J connectivity index is 2.44. The van der Waals surface area contributed by atoms with Crippen LogP contribution in [-0.2, 0) is 5.88 Å². The van der Waals surface area contributed by atoms with E-state index in [1.165, 1.54) is 18.2 Å². The maximum atomic E-state index is 9.51. The van der Waals surface area contributed by atoms with Gasteiger partial charge in [0.25, 0.3) is 5.89 Å². The molecule has 6 heteroatoms. The minimum Gasteiger partial charge on any atom is -0.508 e. The normalized spacial score (nSPS) is 10.5. The summed E-state index contributed by atoms with van der Waals surface area (Å²) in [6.45, 7) is 0. The number of alkyl halides is 1. The molecule has 0 spiro atoms. The van der Waals surface area contributed by atoms with Crippen LogP contribution in [-0.4, -0.2) is 20.4 Å². The zero-order valence-electron chi connectivity index (χ0n) is 7.51. The summed E-state index contributed by atoms with van der Waals surface area (Å²) in [5.74, 6) is 0.404. The third-order valence-corrected chi connectivity index (χ3v) is 2.02. The smallest absolute Gasteiger partial charge is 0.251 e. The van der Waals surface area contributed by atoms with Crippen LogP contribution in [0.3, 0.4) is 0 Å². The molecule has 0 fully saturated rings. The standard InChI is InChI=1S/C9H7ClN2O3/c10-4-8-11-12-9(15-8)6-2-1-5(13)3-7(6)14/h1-3,13-14H,4H2. The first-order chi connectivity index (χ1) is 7.20. The Morgan fingerprint density at radius 1 is 1.27 bits per heavy atom. The van der Waals surface area contributed by atoms with Gasteiger partial charge in [-0.1, -0.05) is 0 Å². The molecule has 15 heavy (non-hydrogen) atoms. The fraction of sp³-hybridized carbons (Fsp3) is 0.111. The van der Waals surface area contributed by atoms with Gasteiger partial charge in [-0.3, -0.25) is 0 Å². The molecule has 0 unspecified atom stereocenters. The Bertz CT molecular complexity index is 484. The summed E-state index contributed by atoms with van der Waals surface area (Å²) < 4.78 is 5.14. The minimum absolute atomic E-state index is 0.0340. The van der Waals surface area contributed by atoms with Crippen molar-refractivity contribution in [1.29, 1.82) is 0 Å². The lowest BCUT2D eigenvalue weighted by atomic mass is 10.2. The molecule has 0 aliphatic heterocycles. The maximum absolute atomic E-state index is 9.51. The molecule has 0 atom stereocenters. The van der Waals surface area contributed by atoms with E-state index in [1.807, 2.05) is 0 Å². The van der Waals surface area contributed by atoms with Crippen LogP contribution in [0.1, 0.15) is 5.89 Å². The van der Waals surface area contributed by atoms with Crippen LogP contribution in [0.4, 0.5) is 0 Å². The highest BCUT2D eigenvalue weighted by molar-refractivity contribution is 6.16. The van der Waals surface area contributed by atoms with Crippen LogP contribution in [0.25, 0.3) is 11.5 Å². The summed E-state index contributed by atoms with van der Waals surface area (Å²) in [5.41, 5.74) is 0.358. The summed E-state index contributed by atoms with van der Waals surface area (Å²) in [6.07, 6.45) is 0. The van der Waals surface area contributed by atoms with Crippen molar-refractivity contribution in [3.63, 3.8) is 0 Å². The maximum Gasteiger partial charge on any atom is 0.251 e. The number of hydrogen-bond donors (Lipinski definition) is 2. The lowest BCUT2D eigenvalue weighted by Crippen LogP contribution is -1.79. The summed E-state index contributed by atoms with van der Waals surface area (Å²) in [6, 6.07) is 4.09. The largest absolute Gasteiger partial charge is 0.508 e. The molecule has 0 radical (unpaired) electrons. The predicted molar refractivity (Wildman–Crippen MR) is 52.6 cm³/mol.